The Bertz CT molecular complexity index is 1220. The predicted molar refractivity (Wildman–Crippen MR) is 126 cm³/mol. The maximum atomic E-state index is 13.4. The molecule has 0 bridgehead atoms. The number of carbonyl (C=O) groups is 2. The molecule has 8 nitrogen and oxygen atoms in total. The largest absolute Gasteiger partial charge is 0.492 e. The number of para-hydroxylation sites is 1. The molecule has 0 radical (unpaired) electrons. The molecule has 3 aromatic rings. The van der Waals surface area contributed by atoms with Crippen LogP contribution in [0.1, 0.15) is 45.2 Å². The van der Waals surface area contributed by atoms with Crippen molar-refractivity contribution < 1.29 is 14.3 Å². The molecule has 9 heteroatoms. The number of hydrogen-bond acceptors (Lipinski definition) is 6. The lowest BCUT2D eigenvalue weighted by Crippen LogP contribution is -2.43. The first-order valence-electron chi connectivity index (χ1n) is 11.9. The molecule has 3 aliphatic rings. The molecule has 1 aliphatic carbocycles. The van der Waals surface area contributed by atoms with Gasteiger partial charge in [-0.05, 0) is 36.8 Å². The van der Waals surface area contributed by atoms with Gasteiger partial charge in [-0.1, -0.05) is 18.2 Å². The highest BCUT2D eigenvalue weighted by molar-refractivity contribution is 7.09. The monoisotopic (exact) mass is 477 g/mol. The van der Waals surface area contributed by atoms with E-state index in [1.807, 2.05) is 39.2 Å². The minimum absolute atomic E-state index is 0.0873. The lowest BCUT2D eigenvalue weighted by atomic mass is 9.94. The second kappa shape index (κ2) is 8.87. The molecule has 2 aliphatic heterocycles. The number of hydrogen-bond donors (Lipinski definition) is 1. The number of rotatable bonds is 6. The molecule has 1 N–H and O–H groups in total. The maximum absolute atomic E-state index is 13.4. The molecule has 0 spiro atoms. The fourth-order valence-corrected chi connectivity index (χ4v) is 5.44. The van der Waals surface area contributed by atoms with Crippen molar-refractivity contribution in [1.82, 2.24) is 25.0 Å². The van der Waals surface area contributed by atoms with Crippen molar-refractivity contribution in [2.24, 2.45) is 11.8 Å². The van der Waals surface area contributed by atoms with E-state index in [1.165, 1.54) is 24.2 Å². The summed E-state index contributed by atoms with van der Waals surface area (Å²) in [4.78, 5) is 32.7. The van der Waals surface area contributed by atoms with E-state index in [9.17, 15) is 9.59 Å². The molecule has 6 rings (SSSR count). The Morgan fingerprint density at radius 3 is 2.94 bits per heavy atom. The van der Waals surface area contributed by atoms with Gasteiger partial charge in [-0.2, -0.15) is 5.10 Å². The minimum atomic E-state index is -0.208. The highest BCUT2D eigenvalue weighted by atomic mass is 32.1. The summed E-state index contributed by atoms with van der Waals surface area (Å²) in [5, 5.41) is 10.4. The van der Waals surface area contributed by atoms with Crippen LogP contribution in [-0.4, -0.2) is 44.6 Å². The van der Waals surface area contributed by atoms with Crippen molar-refractivity contribution in [1.29, 1.82) is 0 Å². The van der Waals surface area contributed by atoms with Crippen LogP contribution in [0.2, 0.25) is 0 Å². The number of benzene rings is 1. The summed E-state index contributed by atoms with van der Waals surface area (Å²) >= 11 is 1.51. The normalized spacial score (nSPS) is 19.2. The molecule has 1 aromatic carbocycles. The van der Waals surface area contributed by atoms with Crippen LogP contribution in [0.5, 0.6) is 5.75 Å². The number of ether oxygens (including phenoxy) is 1. The third-order valence-electron chi connectivity index (χ3n) is 6.90. The van der Waals surface area contributed by atoms with E-state index in [4.69, 9.17) is 9.84 Å². The van der Waals surface area contributed by atoms with Gasteiger partial charge in [-0.25, -0.2) is 4.98 Å². The van der Waals surface area contributed by atoms with Gasteiger partial charge in [0.2, 0.25) is 5.91 Å². The Morgan fingerprint density at radius 2 is 2.12 bits per heavy atom. The number of carbonyl (C=O) groups excluding carboxylic acids is 2. The van der Waals surface area contributed by atoms with Crippen molar-refractivity contribution in [3.05, 3.63) is 63.4 Å². The van der Waals surface area contributed by atoms with Gasteiger partial charge in [-0.3, -0.25) is 14.3 Å². The summed E-state index contributed by atoms with van der Waals surface area (Å²) in [6.07, 6.45) is 5.56. The maximum Gasteiger partial charge on any atom is 0.272 e. The standard InChI is InChI=1S/C25H27N5O3S/c31-24(27-12-22-26-8-10-34-22)23-19-14-29(9-7-20(19)30(28-23)13-16-5-6-16)25(32)18-11-17-3-1-2-4-21(17)33-15-18/h1-4,8,10,16,18H,5-7,9,11-15H2,(H,27,31). The number of thiazole rings is 1. The number of nitrogens with zero attached hydrogens (tertiary/aromatic N) is 4. The van der Waals surface area contributed by atoms with Gasteiger partial charge >= 0.3 is 0 Å². The zero-order chi connectivity index (χ0) is 23.1. The molecule has 0 saturated heterocycles. The van der Waals surface area contributed by atoms with Crippen LogP contribution in [0.25, 0.3) is 0 Å². The Kier molecular flexibility index (Phi) is 5.57. The number of amides is 2. The van der Waals surface area contributed by atoms with Crippen molar-refractivity contribution in [2.45, 2.75) is 45.3 Å². The van der Waals surface area contributed by atoms with Gasteiger partial charge in [0.15, 0.2) is 5.69 Å². The summed E-state index contributed by atoms with van der Waals surface area (Å²) in [5.74, 6) is 1.19. The molecule has 2 aromatic heterocycles. The molecular weight excluding hydrogens is 450 g/mol. The van der Waals surface area contributed by atoms with Gasteiger partial charge in [0.05, 0.1) is 12.5 Å². The van der Waals surface area contributed by atoms with Crippen LogP contribution < -0.4 is 10.1 Å². The number of nitrogens with one attached hydrogen (secondary N) is 1. The Balaban J connectivity index is 1.21. The summed E-state index contributed by atoms with van der Waals surface area (Å²) < 4.78 is 7.89. The fraction of sp³-hybridized carbons (Fsp3) is 0.440. The van der Waals surface area contributed by atoms with Gasteiger partial charge in [0.1, 0.15) is 17.4 Å². The summed E-state index contributed by atoms with van der Waals surface area (Å²) in [5.41, 5.74) is 3.49. The van der Waals surface area contributed by atoms with Crippen LogP contribution >= 0.6 is 11.3 Å². The zero-order valence-corrected chi connectivity index (χ0v) is 19.7. The first kappa shape index (κ1) is 21.3. The highest BCUT2D eigenvalue weighted by Crippen LogP contribution is 2.33. The number of aromatic nitrogens is 3. The van der Waals surface area contributed by atoms with Crippen LogP contribution in [0.15, 0.2) is 35.8 Å². The molecule has 1 saturated carbocycles. The minimum Gasteiger partial charge on any atom is -0.492 e. The van der Waals surface area contributed by atoms with E-state index in [2.05, 4.69) is 10.3 Å². The van der Waals surface area contributed by atoms with Gasteiger partial charge in [0, 0.05) is 48.9 Å². The van der Waals surface area contributed by atoms with Crippen LogP contribution in [0.3, 0.4) is 0 Å². The quantitative estimate of drug-likeness (QED) is 0.590. The van der Waals surface area contributed by atoms with E-state index in [-0.39, 0.29) is 17.7 Å². The lowest BCUT2D eigenvalue weighted by molar-refractivity contribution is -0.137. The van der Waals surface area contributed by atoms with E-state index < -0.39 is 0 Å². The average Bonchev–Trinajstić information content (AvgIpc) is 3.39. The molecule has 1 fully saturated rings. The second-order valence-electron chi connectivity index (χ2n) is 9.34. The molecule has 34 heavy (non-hydrogen) atoms. The van der Waals surface area contributed by atoms with Crippen LogP contribution in [0, 0.1) is 11.8 Å². The molecule has 176 valence electrons. The molecule has 2 amide bonds. The second-order valence-corrected chi connectivity index (χ2v) is 10.3. The molecular formula is C25H27N5O3S. The van der Waals surface area contributed by atoms with Crippen molar-refractivity contribution >= 4 is 23.2 Å². The molecule has 4 heterocycles. The van der Waals surface area contributed by atoms with Gasteiger partial charge in [0.25, 0.3) is 5.91 Å². The lowest BCUT2D eigenvalue weighted by Gasteiger charge is -2.33. The Hall–Kier alpha value is -3.20. The van der Waals surface area contributed by atoms with Gasteiger partial charge in [-0.15, -0.1) is 11.3 Å². The fourth-order valence-electron chi connectivity index (χ4n) is 4.88. The van der Waals surface area contributed by atoms with E-state index in [0.717, 1.165) is 34.1 Å². The van der Waals surface area contributed by atoms with Crippen LogP contribution in [0.4, 0.5) is 0 Å². The third kappa shape index (κ3) is 4.20. The summed E-state index contributed by atoms with van der Waals surface area (Å²) in [6, 6.07) is 7.91. The zero-order valence-electron chi connectivity index (χ0n) is 18.9. The first-order chi connectivity index (χ1) is 16.7. The molecule has 1 unspecified atom stereocenters. The summed E-state index contributed by atoms with van der Waals surface area (Å²) in [7, 11) is 0. The first-order valence-corrected chi connectivity index (χ1v) is 12.8. The summed E-state index contributed by atoms with van der Waals surface area (Å²) in [6.45, 7) is 2.67. The topological polar surface area (TPSA) is 89.4 Å². The van der Waals surface area contributed by atoms with E-state index in [0.29, 0.717) is 50.7 Å². The van der Waals surface area contributed by atoms with Crippen LogP contribution in [-0.2, 0) is 37.3 Å². The number of fused-ring (bicyclic) bond motifs is 2. The highest BCUT2D eigenvalue weighted by Gasteiger charge is 2.35. The average molecular weight is 478 g/mol. The van der Waals surface area contributed by atoms with Crippen molar-refractivity contribution in [3.63, 3.8) is 0 Å². The Morgan fingerprint density at radius 1 is 1.24 bits per heavy atom. The van der Waals surface area contributed by atoms with E-state index >= 15 is 0 Å². The van der Waals surface area contributed by atoms with Crippen molar-refractivity contribution in [2.75, 3.05) is 13.2 Å². The smallest absolute Gasteiger partial charge is 0.272 e. The van der Waals surface area contributed by atoms with E-state index in [1.54, 1.807) is 6.20 Å². The predicted octanol–water partition coefficient (Wildman–Crippen LogP) is 2.82. The van der Waals surface area contributed by atoms with Crippen molar-refractivity contribution in [3.8, 4) is 5.75 Å². The molecule has 1 atom stereocenters. The van der Waals surface area contributed by atoms with Gasteiger partial charge < -0.3 is 15.0 Å². The Labute approximate surface area is 201 Å². The SMILES string of the molecule is O=C(NCc1nccs1)c1nn(CC2CC2)c2c1CN(C(=O)C1COc3ccccc3C1)CC2. The third-order valence-corrected chi connectivity index (χ3v) is 7.68.